The molecule has 2 aromatic rings. The summed E-state index contributed by atoms with van der Waals surface area (Å²) in [5.74, 6) is 0.147. The first-order valence-corrected chi connectivity index (χ1v) is 9.42. The fourth-order valence-corrected chi connectivity index (χ4v) is 4.29. The summed E-state index contributed by atoms with van der Waals surface area (Å²) < 4.78 is 32.9. The van der Waals surface area contributed by atoms with Crippen LogP contribution in [-0.4, -0.2) is 43.9 Å². The number of piperazine rings is 1. The van der Waals surface area contributed by atoms with Gasteiger partial charge in [0.25, 0.3) is 0 Å². The van der Waals surface area contributed by atoms with E-state index in [1.54, 1.807) is 0 Å². The summed E-state index contributed by atoms with van der Waals surface area (Å²) in [7, 11) is -3.70. The van der Waals surface area contributed by atoms with Crippen LogP contribution in [0.15, 0.2) is 47.6 Å². The van der Waals surface area contributed by atoms with Crippen molar-refractivity contribution in [2.45, 2.75) is 11.5 Å². The van der Waals surface area contributed by atoms with Gasteiger partial charge in [-0.25, -0.2) is 8.42 Å². The summed E-state index contributed by atoms with van der Waals surface area (Å²) in [6, 6.07) is 9.50. The summed E-state index contributed by atoms with van der Waals surface area (Å²) in [6.45, 7) is 2.29. The molecule has 24 heavy (non-hydrogen) atoms. The smallest absolute Gasteiger partial charge is 0.248 e. The molecule has 0 bridgehead atoms. The second kappa shape index (κ2) is 7.48. The van der Waals surface area contributed by atoms with E-state index >= 15 is 0 Å². The lowest BCUT2D eigenvalue weighted by Crippen LogP contribution is -2.46. The second-order valence-corrected chi connectivity index (χ2v) is 7.69. The molecule has 1 fully saturated rings. The van der Waals surface area contributed by atoms with Gasteiger partial charge in [-0.3, -0.25) is 4.98 Å². The van der Waals surface area contributed by atoms with Crippen molar-refractivity contribution in [2.75, 3.05) is 26.2 Å². The minimum atomic E-state index is -3.70. The minimum Gasteiger partial charge on any atom is -0.486 e. The molecule has 8 heteroatoms. The average molecular weight is 368 g/mol. The largest absolute Gasteiger partial charge is 0.486 e. The van der Waals surface area contributed by atoms with Crippen LogP contribution in [0.4, 0.5) is 0 Å². The Morgan fingerprint density at radius 2 is 1.88 bits per heavy atom. The van der Waals surface area contributed by atoms with Gasteiger partial charge in [0.15, 0.2) is 5.75 Å². The Labute approximate surface area is 146 Å². The summed E-state index contributed by atoms with van der Waals surface area (Å²) in [4.78, 5) is 3.93. The van der Waals surface area contributed by atoms with Crippen LogP contribution in [0, 0.1) is 0 Å². The van der Waals surface area contributed by atoms with E-state index in [0.717, 1.165) is 5.56 Å². The Balaban J connectivity index is 1.89. The van der Waals surface area contributed by atoms with Crippen LogP contribution in [0.3, 0.4) is 0 Å². The standard InChI is InChI=1S/C16H18ClN3O3S/c17-14-10-19-11-15(24(21,22)20-8-6-18-7-9-20)16(14)23-12-13-4-2-1-3-5-13/h1-5,10-11,18H,6-9,12H2. The summed E-state index contributed by atoms with van der Waals surface area (Å²) >= 11 is 6.16. The lowest BCUT2D eigenvalue weighted by Gasteiger charge is -2.27. The van der Waals surface area contributed by atoms with Crippen molar-refractivity contribution in [1.82, 2.24) is 14.6 Å². The fraction of sp³-hybridized carbons (Fsp3) is 0.312. The number of sulfonamides is 1. The Morgan fingerprint density at radius 3 is 2.58 bits per heavy atom. The van der Waals surface area contributed by atoms with Crippen molar-refractivity contribution in [3.63, 3.8) is 0 Å². The number of hydrogen-bond acceptors (Lipinski definition) is 5. The Kier molecular flexibility index (Phi) is 5.35. The van der Waals surface area contributed by atoms with Crippen molar-refractivity contribution in [3.05, 3.63) is 53.3 Å². The number of halogens is 1. The lowest BCUT2D eigenvalue weighted by atomic mass is 10.2. The number of rotatable bonds is 5. The average Bonchev–Trinajstić information content (AvgIpc) is 2.62. The predicted molar refractivity (Wildman–Crippen MR) is 91.6 cm³/mol. The maximum atomic E-state index is 12.9. The highest BCUT2D eigenvalue weighted by molar-refractivity contribution is 7.89. The van der Waals surface area contributed by atoms with Gasteiger partial charge in [-0.1, -0.05) is 41.9 Å². The number of aromatic nitrogens is 1. The van der Waals surface area contributed by atoms with E-state index in [2.05, 4.69) is 10.3 Å². The van der Waals surface area contributed by atoms with E-state index in [4.69, 9.17) is 16.3 Å². The van der Waals surface area contributed by atoms with E-state index in [0.29, 0.717) is 26.2 Å². The Hall–Kier alpha value is -1.67. The Morgan fingerprint density at radius 1 is 1.17 bits per heavy atom. The quantitative estimate of drug-likeness (QED) is 0.874. The fourth-order valence-electron chi connectivity index (χ4n) is 2.48. The SMILES string of the molecule is O=S(=O)(c1cncc(Cl)c1OCc1ccccc1)N1CCNCC1. The number of pyridine rings is 1. The van der Waals surface area contributed by atoms with Crippen LogP contribution < -0.4 is 10.1 Å². The maximum Gasteiger partial charge on any atom is 0.248 e. The molecule has 1 aromatic heterocycles. The van der Waals surface area contributed by atoms with E-state index < -0.39 is 10.0 Å². The normalized spacial score (nSPS) is 16.0. The molecule has 0 radical (unpaired) electrons. The van der Waals surface area contributed by atoms with E-state index in [-0.39, 0.29) is 22.3 Å². The molecule has 0 amide bonds. The van der Waals surface area contributed by atoms with Gasteiger partial charge in [0.2, 0.25) is 10.0 Å². The van der Waals surface area contributed by atoms with Crippen LogP contribution in [0.5, 0.6) is 5.75 Å². The summed E-state index contributed by atoms with van der Waals surface area (Å²) in [5, 5.41) is 3.31. The topological polar surface area (TPSA) is 71.5 Å². The summed E-state index contributed by atoms with van der Waals surface area (Å²) in [6.07, 6.45) is 2.68. The van der Waals surface area contributed by atoms with Crippen molar-refractivity contribution < 1.29 is 13.2 Å². The third-order valence-electron chi connectivity index (χ3n) is 3.74. The van der Waals surface area contributed by atoms with Gasteiger partial charge in [-0.05, 0) is 5.56 Å². The number of nitrogens with zero attached hydrogens (tertiary/aromatic N) is 2. The molecule has 1 aliphatic heterocycles. The molecule has 1 aliphatic rings. The van der Waals surface area contributed by atoms with E-state index in [1.165, 1.54) is 16.7 Å². The molecule has 0 atom stereocenters. The molecular weight excluding hydrogens is 350 g/mol. The predicted octanol–water partition coefficient (Wildman–Crippen LogP) is 1.91. The van der Waals surface area contributed by atoms with Gasteiger partial charge >= 0.3 is 0 Å². The first-order valence-electron chi connectivity index (χ1n) is 7.60. The maximum absolute atomic E-state index is 12.9. The van der Waals surface area contributed by atoms with Crippen LogP contribution in [0.2, 0.25) is 5.02 Å². The zero-order chi connectivity index (χ0) is 17.0. The van der Waals surface area contributed by atoms with Crippen molar-refractivity contribution >= 4 is 21.6 Å². The molecule has 0 unspecified atom stereocenters. The van der Waals surface area contributed by atoms with Crippen molar-refractivity contribution in [3.8, 4) is 5.75 Å². The van der Waals surface area contributed by atoms with Crippen molar-refractivity contribution in [2.24, 2.45) is 0 Å². The second-order valence-electron chi connectivity index (χ2n) is 5.38. The van der Waals surface area contributed by atoms with Gasteiger partial charge in [0, 0.05) is 32.4 Å². The molecule has 1 N–H and O–H groups in total. The van der Waals surface area contributed by atoms with Gasteiger partial charge in [0.05, 0.1) is 6.20 Å². The molecule has 2 heterocycles. The number of nitrogens with one attached hydrogen (secondary N) is 1. The molecule has 3 rings (SSSR count). The highest BCUT2D eigenvalue weighted by Crippen LogP contribution is 2.33. The zero-order valence-corrected chi connectivity index (χ0v) is 14.6. The highest BCUT2D eigenvalue weighted by Gasteiger charge is 2.30. The molecular formula is C16H18ClN3O3S. The van der Waals surface area contributed by atoms with Crippen molar-refractivity contribution in [1.29, 1.82) is 0 Å². The van der Waals surface area contributed by atoms with Crippen LogP contribution in [0.25, 0.3) is 0 Å². The first kappa shape index (κ1) is 17.2. The Bertz CT molecular complexity index is 793. The summed E-state index contributed by atoms with van der Waals surface area (Å²) in [5.41, 5.74) is 0.927. The number of ether oxygens (including phenoxy) is 1. The van der Waals surface area contributed by atoms with E-state index in [1.807, 2.05) is 30.3 Å². The molecule has 0 saturated carbocycles. The van der Waals surface area contributed by atoms with Gasteiger partial charge in [-0.15, -0.1) is 0 Å². The van der Waals surface area contributed by atoms with Crippen LogP contribution >= 0.6 is 11.6 Å². The first-order chi connectivity index (χ1) is 11.6. The third-order valence-corrected chi connectivity index (χ3v) is 5.90. The van der Waals surface area contributed by atoms with Crippen LogP contribution in [-0.2, 0) is 16.6 Å². The third kappa shape index (κ3) is 3.70. The zero-order valence-electron chi connectivity index (χ0n) is 13.0. The molecule has 0 aliphatic carbocycles. The highest BCUT2D eigenvalue weighted by atomic mass is 35.5. The molecule has 6 nitrogen and oxygen atoms in total. The molecule has 1 aromatic carbocycles. The van der Waals surface area contributed by atoms with Crippen LogP contribution in [0.1, 0.15) is 5.56 Å². The molecule has 1 saturated heterocycles. The van der Waals surface area contributed by atoms with Gasteiger partial charge in [0.1, 0.15) is 16.5 Å². The lowest BCUT2D eigenvalue weighted by molar-refractivity contribution is 0.295. The van der Waals surface area contributed by atoms with E-state index in [9.17, 15) is 8.42 Å². The number of hydrogen-bond donors (Lipinski definition) is 1. The number of benzene rings is 1. The monoisotopic (exact) mass is 367 g/mol. The minimum absolute atomic E-state index is 0.00725. The molecule has 128 valence electrons. The van der Waals surface area contributed by atoms with Gasteiger partial charge in [-0.2, -0.15) is 4.31 Å². The van der Waals surface area contributed by atoms with Gasteiger partial charge < -0.3 is 10.1 Å². The molecule has 0 spiro atoms.